The highest BCUT2D eigenvalue weighted by atomic mass is 16.3. The van der Waals surface area contributed by atoms with E-state index in [2.05, 4.69) is 35.1 Å². The van der Waals surface area contributed by atoms with Crippen LogP contribution in [0.15, 0.2) is 66.7 Å². The molecule has 3 aromatic rings. The molecule has 2 atom stereocenters. The number of benzene rings is 3. The summed E-state index contributed by atoms with van der Waals surface area (Å²) in [4.78, 5) is 14.5. The molecule has 0 bridgehead atoms. The Balaban J connectivity index is 1.30. The zero-order valence-corrected chi connectivity index (χ0v) is 16.6. The molecule has 1 heterocycles. The van der Waals surface area contributed by atoms with E-state index in [4.69, 9.17) is 0 Å². The highest BCUT2D eigenvalue weighted by Gasteiger charge is 2.24. The van der Waals surface area contributed by atoms with E-state index < -0.39 is 0 Å². The van der Waals surface area contributed by atoms with Crippen molar-refractivity contribution in [1.82, 2.24) is 15.8 Å². The minimum Gasteiger partial charge on any atom is -0.507 e. The van der Waals surface area contributed by atoms with Crippen molar-refractivity contribution in [2.45, 2.75) is 31.3 Å². The summed E-state index contributed by atoms with van der Waals surface area (Å²) in [6.07, 6.45) is 2.92. The third-order valence-electron chi connectivity index (χ3n) is 5.67. The smallest absolute Gasteiger partial charge is 0.257 e. The number of carbonyl (C=O) groups excluding carboxylic acids is 1. The van der Waals surface area contributed by atoms with Gasteiger partial charge < -0.3 is 10.0 Å². The van der Waals surface area contributed by atoms with Crippen LogP contribution < -0.4 is 10.9 Å². The zero-order valence-electron chi connectivity index (χ0n) is 16.6. The average Bonchev–Trinajstić information content (AvgIpc) is 3.22. The van der Waals surface area contributed by atoms with Gasteiger partial charge in [0.15, 0.2) is 0 Å². The number of phenolic OH excluding ortho intramolecular Hbond substituents is 1. The van der Waals surface area contributed by atoms with Gasteiger partial charge in [-0.15, -0.1) is 0 Å². The molecule has 150 valence electrons. The van der Waals surface area contributed by atoms with Crippen molar-refractivity contribution in [2.75, 3.05) is 13.6 Å². The largest absolute Gasteiger partial charge is 0.507 e. The first-order valence-electron chi connectivity index (χ1n) is 10.1. The van der Waals surface area contributed by atoms with Crippen molar-refractivity contribution < 1.29 is 9.90 Å². The van der Waals surface area contributed by atoms with Gasteiger partial charge >= 0.3 is 0 Å². The van der Waals surface area contributed by atoms with Crippen molar-refractivity contribution >= 4 is 16.7 Å². The minimum atomic E-state index is -0.145. The number of rotatable bonds is 6. The van der Waals surface area contributed by atoms with E-state index in [9.17, 15) is 9.90 Å². The standard InChI is InChI=1S/C24H27N3O2/c1-27(24(29)21-14-18-10-5-6-11-19(18)15-23(21)28)13-7-12-20-16-22(26-25-20)17-8-3-2-4-9-17/h2-6,8-11,14-15,20,22,25-26,28H,7,12-13,16H2,1H3. The molecule has 3 aromatic carbocycles. The van der Waals surface area contributed by atoms with Gasteiger partial charge in [0, 0.05) is 25.7 Å². The lowest BCUT2D eigenvalue weighted by Gasteiger charge is -2.19. The first-order valence-corrected chi connectivity index (χ1v) is 10.1. The van der Waals surface area contributed by atoms with Gasteiger partial charge in [0.05, 0.1) is 5.56 Å². The Labute approximate surface area is 171 Å². The van der Waals surface area contributed by atoms with Crippen LogP contribution in [0.2, 0.25) is 0 Å². The Bertz CT molecular complexity index is 990. The van der Waals surface area contributed by atoms with Crippen LogP contribution in [0.3, 0.4) is 0 Å². The van der Waals surface area contributed by atoms with E-state index in [1.54, 1.807) is 24.1 Å². The van der Waals surface area contributed by atoms with Crippen molar-refractivity contribution in [3.63, 3.8) is 0 Å². The average molecular weight is 389 g/mol. The number of nitrogens with one attached hydrogen (secondary N) is 2. The molecule has 1 aliphatic heterocycles. The normalized spacial score (nSPS) is 18.8. The van der Waals surface area contributed by atoms with Gasteiger partial charge in [-0.1, -0.05) is 54.6 Å². The van der Waals surface area contributed by atoms with Crippen LogP contribution in [-0.2, 0) is 0 Å². The summed E-state index contributed by atoms with van der Waals surface area (Å²) in [6, 6.07) is 22.3. The molecule has 0 saturated carbocycles. The van der Waals surface area contributed by atoms with Crippen LogP contribution in [0.25, 0.3) is 10.8 Å². The number of carbonyl (C=O) groups is 1. The molecule has 0 aliphatic carbocycles. The fourth-order valence-electron chi connectivity index (χ4n) is 4.00. The Kier molecular flexibility index (Phi) is 5.79. The summed E-state index contributed by atoms with van der Waals surface area (Å²) in [5, 5.41) is 12.2. The first kappa shape index (κ1) is 19.4. The van der Waals surface area contributed by atoms with Gasteiger partial charge in [-0.3, -0.25) is 15.6 Å². The molecular weight excluding hydrogens is 362 g/mol. The van der Waals surface area contributed by atoms with E-state index in [0.717, 1.165) is 30.0 Å². The van der Waals surface area contributed by atoms with E-state index in [1.165, 1.54) is 5.56 Å². The predicted molar refractivity (Wildman–Crippen MR) is 116 cm³/mol. The summed E-state index contributed by atoms with van der Waals surface area (Å²) in [6.45, 7) is 0.652. The molecule has 0 spiro atoms. The molecule has 0 radical (unpaired) electrons. The lowest BCUT2D eigenvalue weighted by molar-refractivity contribution is 0.0789. The number of nitrogens with zero attached hydrogens (tertiary/aromatic N) is 1. The predicted octanol–water partition coefficient (Wildman–Crippen LogP) is 4.01. The van der Waals surface area contributed by atoms with Crippen molar-refractivity contribution in [2.24, 2.45) is 0 Å². The molecule has 1 aliphatic rings. The summed E-state index contributed by atoms with van der Waals surface area (Å²) in [5.74, 6) is -0.110. The van der Waals surface area contributed by atoms with Gasteiger partial charge in [0.25, 0.3) is 5.91 Å². The third kappa shape index (κ3) is 4.42. The van der Waals surface area contributed by atoms with Gasteiger partial charge in [-0.25, -0.2) is 0 Å². The molecule has 5 heteroatoms. The molecule has 5 nitrogen and oxygen atoms in total. The molecular formula is C24H27N3O2. The van der Waals surface area contributed by atoms with E-state index in [1.807, 2.05) is 30.3 Å². The molecule has 1 fully saturated rings. The van der Waals surface area contributed by atoms with E-state index in [-0.39, 0.29) is 11.7 Å². The van der Waals surface area contributed by atoms with Crippen LogP contribution in [0, 0.1) is 0 Å². The van der Waals surface area contributed by atoms with Crippen molar-refractivity contribution in [1.29, 1.82) is 0 Å². The van der Waals surface area contributed by atoms with Gasteiger partial charge in [-0.05, 0) is 47.7 Å². The van der Waals surface area contributed by atoms with Crippen LogP contribution in [0.4, 0.5) is 0 Å². The van der Waals surface area contributed by atoms with Crippen molar-refractivity contribution in [3.8, 4) is 5.75 Å². The maximum Gasteiger partial charge on any atom is 0.257 e. The molecule has 29 heavy (non-hydrogen) atoms. The van der Waals surface area contributed by atoms with Crippen LogP contribution in [0.1, 0.15) is 41.2 Å². The van der Waals surface area contributed by atoms with Crippen LogP contribution in [-0.4, -0.2) is 35.5 Å². The fraction of sp³-hybridized carbons (Fsp3) is 0.292. The Morgan fingerprint density at radius 1 is 1.03 bits per heavy atom. The molecule has 1 amide bonds. The SMILES string of the molecule is CN(CCCC1CC(c2ccccc2)NN1)C(=O)c1cc2ccccc2cc1O. The monoisotopic (exact) mass is 389 g/mol. The highest BCUT2D eigenvalue weighted by Crippen LogP contribution is 2.27. The molecule has 0 aromatic heterocycles. The topological polar surface area (TPSA) is 64.6 Å². The quantitative estimate of drug-likeness (QED) is 0.596. The molecule has 3 N–H and O–H groups in total. The fourth-order valence-corrected chi connectivity index (χ4v) is 4.00. The number of hydrogen-bond donors (Lipinski definition) is 3. The van der Waals surface area contributed by atoms with Crippen LogP contribution >= 0.6 is 0 Å². The Morgan fingerprint density at radius 2 is 1.72 bits per heavy atom. The summed E-state index contributed by atoms with van der Waals surface area (Å²) < 4.78 is 0. The van der Waals surface area contributed by atoms with Crippen molar-refractivity contribution in [3.05, 3.63) is 77.9 Å². The van der Waals surface area contributed by atoms with Crippen LogP contribution in [0.5, 0.6) is 5.75 Å². The zero-order chi connectivity index (χ0) is 20.2. The highest BCUT2D eigenvalue weighted by molar-refractivity contribution is 6.01. The second kappa shape index (κ2) is 8.64. The summed E-state index contributed by atoms with van der Waals surface area (Å²) >= 11 is 0. The number of aromatic hydroxyl groups is 1. The second-order valence-corrected chi connectivity index (χ2v) is 7.77. The summed E-state index contributed by atoms with van der Waals surface area (Å²) in [5.41, 5.74) is 8.40. The number of amides is 1. The maximum absolute atomic E-state index is 12.8. The van der Waals surface area contributed by atoms with Gasteiger partial charge in [-0.2, -0.15) is 0 Å². The number of phenols is 1. The summed E-state index contributed by atoms with van der Waals surface area (Å²) in [7, 11) is 1.80. The third-order valence-corrected chi connectivity index (χ3v) is 5.67. The van der Waals surface area contributed by atoms with E-state index in [0.29, 0.717) is 24.2 Å². The van der Waals surface area contributed by atoms with Gasteiger partial charge in [0.1, 0.15) is 5.75 Å². The Morgan fingerprint density at radius 3 is 2.48 bits per heavy atom. The van der Waals surface area contributed by atoms with E-state index >= 15 is 0 Å². The second-order valence-electron chi connectivity index (χ2n) is 7.77. The minimum absolute atomic E-state index is 0.0351. The molecule has 2 unspecified atom stereocenters. The maximum atomic E-state index is 12.8. The lowest BCUT2D eigenvalue weighted by Crippen LogP contribution is -2.32. The Hall–Kier alpha value is -2.89. The van der Waals surface area contributed by atoms with Gasteiger partial charge in [0.2, 0.25) is 0 Å². The number of hydrazine groups is 1. The lowest BCUT2D eigenvalue weighted by atomic mass is 9.99. The first-order chi connectivity index (χ1) is 14.1. The molecule has 1 saturated heterocycles. The number of hydrogen-bond acceptors (Lipinski definition) is 4. The molecule has 4 rings (SSSR count). The number of fused-ring (bicyclic) bond motifs is 1.